The molecule has 0 saturated carbocycles. The molecule has 0 aliphatic carbocycles. The highest BCUT2D eigenvalue weighted by Crippen LogP contribution is 2.25. The molecule has 0 bridgehead atoms. The number of hydrogen-bond acceptors (Lipinski definition) is 5. The minimum atomic E-state index is -0.544. The summed E-state index contributed by atoms with van der Waals surface area (Å²) in [5.74, 6) is 0.0434. The molecule has 0 aliphatic heterocycles. The molecule has 1 aromatic carbocycles. The number of ether oxygens (including phenoxy) is 1. The standard InChI is InChI=1S/C13H13N3O4/c1-9(17)12-5-11(16(18)19)3-4-13(12)20-8-10-6-14-15(2)7-10/h3-7H,8H2,1-2H3. The van der Waals surface area contributed by atoms with Crippen LogP contribution in [0.15, 0.2) is 30.6 Å². The van der Waals surface area contributed by atoms with E-state index in [0.29, 0.717) is 5.75 Å². The highest BCUT2D eigenvalue weighted by atomic mass is 16.6. The molecule has 104 valence electrons. The second-order valence-electron chi connectivity index (χ2n) is 4.30. The summed E-state index contributed by atoms with van der Waals surface area (Å²) in [4.78, 5) is 21.7. The lowest BCUT2D eigenvalue weighted by Gasteiger charge is -2.08. The van der Waals surface area contributed by atoms with E-state index < -0.39 is 4.92 Å². The van der Waals surface area contributed by atoms with Crippen LogP contribution >= 0.6 is 0 Å². The minimum absolute atomic E-state index is 0.135. The Hall–Kier alpha value is -2.70. The molecule has 0 N–H and O–H groups in total. The normalized spacial score (nSPS) is 10.3. The number of non-ortho nitro benzene ring substituents is 1. The van der Waals surface area contributed by atoms with Gasteiger partial charge in [-0.05, 0) is 13.0 Å². The van der Waals surface area contributed by atoms with Gasteiger partial charge in [-0.1, -0.05) is 0 Å². The van der Waals surface area contributed by atoms with E-state index in [9.17, 15) is 14.9 Å². The first-order chi connectivity index (χ1) is 9.47. The van der Waals surface area contributed by atoms with Crippen molar-refractivity contribution in [3.63, 3.8) is 0 Å². The predicted octanol–water partition coefficient (Wildman–Crippen LogP) is 2.11. The number of nitro groups is 1. The summed E-state index contributed by atoms with van der Waals surface area (Å²) < 4.78 is 7.18. The number of carbonyl (C=O) groups excluding carboxylic acids is 1. The van der Waals surface area contributed by atoms with E-state index in [-0.39, 0.29) is 23.6 Å². The van der Waals surface area contributed by atoms with Gasteiger partial charge in [0.25, 0.3) is 5.69 Å². The first-order valence-electron chi connectivity index (χ1n) is 5.87. The lowest BCUT2D eigenvalue weighted by Crippen LogP contribution is -2.02. The number of carbonyl (C=O) groups is 1. The predicted molar refractivity (Wildman–Crippen MR) is 70.6 cm³/mol. The molecule has 2 aromatic rings. The summed E-state index contributed by atoms with van der Waals surface area (Å²) in [5, 5.41) is 14.7. The molecule has 0 amide bonds. The van der Waals surface area contributed by atoms with Gasteiger partial charge in [0, 0.05) is 30.9 Å². The molecule has 7 heteroatoms. The first-order valence-corrected chi connectivity index (χ1v) is 5.87. The van der Waals surface area contributed by atoms with Crippen molar-refractivity contribution in [2.75, 3.05) is 0 Å². The van der Waals surface area contributed by atoms with Gasteiger partial charge in [0.05, 0.1) is 16.7 Å². The summed E-state index contributed by atoms with van der Waals surface area (Å²) in [5.41, 5.74) is 0.910. The summed E-state index contributed by atoms with van der Waals surface area (Å²) in [6.45, 7) is 1.59. The lowest BCUT2D eigenvalue weighted by molar-refractivity contribution is -0.384. The van der Waals surface area contributed by atoms with Gasteiger partial charge in [-0.2, -0.15) is 5.10 Å². The van der Waals surface area contributed by atoms with Gasteiger partial charge in [0.1, 0.15) is 12.4 Å². The van der Waals surface area contributed by atoms with Crippen LogP contribution in [0.5, 0.6) is 5.75 Å². The number of ketones is 1. The van der Waals surface area contributed by atoms with Crippen molar-refractivity contribution in [3.05, 3.63) is 51.8 Å². The zero-order valence-corrected chi connectivity index (χ0v) is 11.1. The van der Waals surface area contributed by atoms with Crippen LogP contribution in [0.2, 0.25) is 0 Å². The van der Waals surface area contributed by atoms with Gasteiger partial charge < -0.3 is 4.74 Å². The topological polar surface area (TPSA) is 87.3 Å². The Morgan fingerprint density at radius 2 is 2.25 bits per heavy atom. The van der Waals surface area contributed by atoms with Gasteiger partial charge in [-0.15, -0.1) is 0 Å². The summed E-state index contributed by atoms with van der Waals surface area (Å²) >= 11 is 0. The Morgan fingerprint density at radius 3 is 2.80 bits per heavy atom. The molecule has 0 unspecified atom stereocenters. The molecule has 2 rings (SSSR count). The van der Waals surface area contributed by atoms with Gasteiger partial charge in [0.15, 0.2) is 5.78 Å². The van der Waals surface area contributed by atoms with Crippen molar-refractivity contribution in [2.45, 2.75) is 13.5 Å². The highest BCUT2D eigenvalue weighted by molar-refractivity contribution is 5.97. The third-order valence-corrected chi connectivity index (χ3v) is 2.71. The molecule has 0 spiro atoms. The highest BCUT2D eigenvalue weighted by Gasteiger charge is 2.15. The van der Waals surface area contributed by atoms with E-state index in [2.05, 4.69) is 5.10 Å². The number of nitrogens with zero attached hydrogens (tertiary/aromatic N) is 3. The van der Waals surface area contributed by atoms with Crippen LogP contribution in [0.1, 0.15) is 22.8 Å². The molecule has 20 heavy (non-hydrogen) atoms. The Morgan fingerprint density at radius 1 is 1.50 bits per heavy atom. The van der Waals surface area contributed by atoms with E-state index in [4.69, 9.17) is 4.74 Å². The Balaban J connectivity index is 2.22. The van der Waals surface area contributed by atoms with E-state index in [0.717, 1.165) is 5.56 Å². The molecule has 1 heterocycles. The van der Waals surface area contributed by atoms with E-state index in [1.165, 1.54) is 25.1 Å². The van der Waals surface area contributed by atoms with Crippen molar-refractivity contribution in [2.24, 2.45) is 7.05 Å². The summed E-state index contributed by atoms with van der Waals surface area (Å²) in [6.07, 6.45) is 3.44. The Bertz CT molecular complexity index is 663. The number of Topliss-reactive ketones (excluding diaryl/α,β-unsaturated/α-hetero) is 1. The summed E-state index contributed by atoms with van der Waals surface area (Å²) in [7, 11) is 1.79. The van der Waals surface area contributed by atoms with Gasteiger partial charge in [0.2, 0.25) is 0 Å². The zero-order chi connectivity index (χ0) is 14.7. The van der Waals surface area contributed by atoms with Crippen molar-refractivity contribution < 1.29 is 14.5 Å². The molecule has 0 fully saturated rings. The van der Waals surface area contributed by atoms with Gasteiger partial charge in [-0.3, -0.25) is 19.6 Å². The maximum Gasteiger partial charge on any atom is 0.270 e. The maximum absolute atomic E-state index is 11.5. The van der Waals surface area contributed by atoms with E-state index in [1.54, 1.807) is 24.1 Å². The first kappa shape index (κ1) is 13.7. The van der Waals surface area contributed by atoms with Crippen LogP contribution < -0.4 is 4.74 Å². The number of hydrogen-bond donors (Lipinski definition) is 0. The monoisotopic (exact) mass is 275 g/mol. The zero-order valence-electron chi connectivity index (χ0n) is 11.1. The molecule has 0 aliphatic rings. The molecule has 0 radical (unpaired) electrons. The van der Waals surface area contributed by atoms with Gasteiger partial charge >= 0.3 is 0 Å². The lowest BCUT2D eigenvalue weighted by atomic mass is 10.1. The van der Waals surface area contributed by atoms with Crippen LogP contribution in [0.4, 0.5) is 5.69 Å². The minimum Gasteiger partial charge on any atom is -0.488 e. The molecule has 0 atom stereocenters. The van der Waals surface area contributed by atoms with Crippen LogP contribution in [0.3, 0.4) is 0 Å². The fourth-order valence-electron chi connectivity index (χ4n) is 1.74. The van der Waals surface area contributed by atoms with Crippen LogP contribution in [-0.4, -0.2) is 20.5 Å². The number of aryl methyl sites for hydroxylation is 1. The molecule has 0 saturated heterocycles. The van der Waals surface area contributed by atoms with E-state index >= 15 is 0 Å². The van der Waals surface area contributed by atoms with Gasteiger partial charge in [-0.25, -0.2) is 0 Å². The molecular weight excluding hydrogens is 262 g/mol. The smallest absolute Gasteiger partial charge is 0.270 e. The van der Waals surface area contributed by atoms with Crippen LogP contribution in [0.25, 0.3) is 0 Å². The third-order valence-electron chi connectivity index (χ3n) is 2.71. The van der Waals surface area contributed by atoms with Crippen LogP contribution in [-0.2, 0) is 13.7 Å². The summed E-state index contributed by atoms with van der Waals surface area (Å²) in [6, 6.07) is 3.97. The Labute approximate surface area is 114 Å². The molecular formula is C13H13N3O4. The molecule has 1 aromatic heterocycles. The fourth-order valence-corrected chi connectivity index (χ4v) is 1.74. The van der Waals surface area contributed by atoms with Crippen molar-refractivity contribution >= 4 is 11.5 Å². The number of aromatic nitrogens is 2. The maximum atomic E-state index is 11.5. The second kappa shape index (κ2) is 5.52. The fraction of sp³-hybridized carbons (Fsp3) is 0.231. The van der Waals surface area contributed by atoms with Crippen molar-refractivity contribution in [1.29, 1.82) is 0 Å². The average Bonchev–Trinajstić information content (AvgIpc) is 2.81. The quantitative estimate of drug-likeness (QED) is 0.473. The number of benzene rings is 1. The Kier molecular flexibility index (Phi) is 3.79. The average molecular weight is 275 g/mol. The number of nitro benzene ring substituents is 1. The van der Waals surface area contributed by atoms with Crippen LogP contribution in [0, 0.1) is 10.1 Å². The second-order valence-corrected chi connectivity index (χ2v) is 4.30. The SMILES string of the molecule is CC(=O)c1cc([N+](=O)[O-])ccc1OCc1cnn(C)c1. The van der Waals surface area contributed by atoms with Crippen molar-refractivity contribution in [3.8, 4) is 5.75 Å². The number of rotatable bonds is 5. The third kappa shape index (κ3) is 3.00. The molecule has 7 nitrogen and oxygen atoms in total. The van der Waals surface area contributed by atoms with E-state index in [1.807, 2.05) is 0 Å². The van der Waals surface area contributed by atoms with Crippen molar-refractivity contribution in [1.82, 2.24) is 9.78 Å². The largest absolute Gasteiger partial charge is 0.488 e.